The molecule has 0 radical (unpaired) electrons. The summed E-state index contributed by atoms with van der Waals surface area (Å²) in [5.74, 6) is -0.0683. The molecule has 1 amide bonds. The molecule has 0 aliphatic carbocycles. The van der Waals surface area contributed by atoms with Crippen LogP contribution in [0.25, 0.3) is 0 Å². The molecule has 0 aromatic heterocycles. The molecule has 26 heavy (non-hydrogen) atoms. The minimum Gasteiger partial charge on any atom is -0.492 e. The average Bonchev–Trinajstić information content (AvgIpc) is 2.57. The molecule has 0 aliphatic heterocycles. The van der Waals surface area contributed by atoms with Gasteiger partial charge in [-0.05, 0) is 44.2 Å². The van der Waals surface area contributed by atoms with E-state index >= 15 is 0 Å². The minimum atomic E-state index is -4.63. The molecule has 0 bridgehead atoms. The van der Waals surface area contributed by atoms with Crippen molar-refractivity contribution in [2.75, 3.05) is 17.2 Å². The Labute approximate surface area is 154 Å². The largest absolute Gasteiger partial charge is 0.492 e. The molecular weight excluding hydrogens is 369 g/mol. The van der Waals surface area contributed by atoms with Crippen LogP contribution in [0.2, 0.25) is 5.02 Å². The highest BCUT2D eigenvalue weighted by molar-refractivity contribution is 6.30. The van der Waals surface area contributed by atoms with Gasteiger partial charge in [-0.1, -0.05) is 23.7 Å². The zero-order chi connectivity index (χ0) is 19.3. The maximum Gasteiger partial charge on any atom is 0.418 e. The normalized spacial score (nSPS) is 12.4. The average molecular weight is 387 g/mol. The Kier molecular flexibility index (Phi) is 6.37. The van der Waals surface area contributed by atoms with Crippen LogP contribution in [-0.2, 0) is 11.0 Å². The van der Waals surface area contributed by atoms with E-state index in [0.29, 0.717) is 18.0 Å². The molecule has 0 heterocycles. The SMILES string of the molecule is CCOc1ccccc1N[C@@H](C)C(=O)Nc1ccc(Cl)cc1C(F)(F)F. The molecule has 4 nitrogen and oxygen atoms in total. The number of hydrogen-bond donors (Lipinski definition) is 2. The number of benzene rings is 2. The number of carbonyl (C=O) groups excluding carboxylic acids is 1. The number of nitrogens with one attached hydrogen (secondary N) is 2. The molecule has 0 fully saturated rings. The van der Waals surface area contributed by atoms with Crippen LogP contribution < -0.4 is 15.4 Å². The Balaban J connectivity index is 2.16. The fraction of sp³-hybridized carbons (Fsp3) is 0.278. The number of ether oxygens (including phenoxy) is 1. The summed E-state index contributed by atoms with van der Waals surface area (Å²) < 4.78 is 44.8. The van der Waals surface area contributed by atoms with E-state index in [-0.39, 0.29) is 10.7 Å². The lowest BCUT2D eigenvalue weighted by Gasteiger charge is -2.19. The van der Waals surface area contributed by atoms with E-state index < -0.39 is 23.7 Å². The highest BCUT2D eigenvalue weighted by Gasteiger charge is 2.34. The maximum atomic E-state index is 13.1. The molecule has 1 atom stereocenters. The first-order valence-corrected chi connectivity index (χ1v) is 8.26. The van der Waals surface area contributed by atoms with Gasteiger partial charge in [0.1, 0.15) is 11.8 Å². The summed E-state index contributed by atoms with van der Waals surface area (Å²) in [6.07, 6.45) is -4.63. The summed E-state index contributed by atoms with van der Waals surface area (Å²) in [5.41, 5.74) is -0.775. The van der Waals surface area contributed by atoms with Gasteiger partial charge in [0.25, 0.3) is 0 Å². The van der Waals surface area contributed by atoms with Crippen molar-refractivity contribution in [2.45, 2.75) is 26.1 Å². The van der Waals surface area contributed by atoms with Gasteiger partial charge >= 0.3 is 6.18 Å². The van der Waals surface area contributed by atoms with Gasteiger partial charge in [-0.2, -0.15) is 13.2 Å². The van der Waals surface area contributed by atoms with Crippen LogP contribution in [0, 0.1) is 0 Å². The first-order chi connectivity index (χ1) is 12.2. The lowest BCUT2D eigenvalue weighted by molar-refractivity contribution is -0.137. The molecule has 2 aromatic rings. The zero-order valence-electron chi connectivity index (χ0n) is 14.2. The fourth-order valence-electron chi connectivity index (χ4n) is 2.27. The van der Waals surface area contributed by atoms with Crippen molar-refractivity contribution in [1.82, 2.24) is 0 Å². The monoisotopic (exact) mass is 386 g/mol. The number of halogens is 4. The number of amides is 1. The van der Waals surface area contributed by atoms with E-state index in [0.717, 1.165) is 12.1 Å². The molecule has 2 N–H and O–H groups in total. The van der Waals surface area contributed by atoms with Crippen molar-refractivity contribution < 1.29 is 22.7 Å². The topological polar surface area (TPSA) is 50.4 Å². The summed E-state index contributed by atoms with van der Waals surface area (Å²) in [6, 6.07) is 9.39. The highest BCUT2D eigenvalue weighted by Crippen LogP contribution is 2.36. The molecule has 0 aliphatic rings. The standard InChI is InChI=1S/C18H18ClF3N2O2/c1-3-26-16-7-5-4-6-15(16)23-11(2)17(25)24-14-9-8-12(19)10-13(14)18(20,21)22/h4-11,23H,3H2,1-2H3,(H,24,25)/t11-/m0/s1. The van der Waals surface area contributed by atoms with Crippen LogP contribution in [0.5, 0.6) is 5.75 Å². The summed E-state index contributed by atoms with van der Waals surface area (Å²) >= 11 is 5.64. The van der Waals surface area contributed by atoms with Crippen molar-refractivity contribution in [3.05, 3.63) is 53.1 Å². The summed E-state index contributed by atoms with van der Waals surface area (Å²) in [7, 11) is 0. The molecule has 8 heteroatoms. The second kappa shape index (κ2) is 8.31. The van der Waals surface area contributed by atoms with Crippen LogP contribution >= 0.6 is 11.6 Å². The highest BCUT2D eigenvalue weighted by atomic mass is 35.5. The van der Waals surface area contributed by atoms with E-state index in [9.17, 15) is 18.0 Å². The quantitative estimate of drug-likeness (QED) is 0.717. The Morgan fingerprint density at radius 1 is 1.19 bits per heavy atom. The van der Waals surface area contributed by atoms with Crippen molar-refractivity contribution in [3.63, 3.8) is 0 Å². The van der Waals surface area contributed by atoms with E-state index in [1.54, 1.807) is 31.2 Å². The number of hydrogen-bond acceptors (Lipinski definition) is 3. The maximum absolute atomic E-state index is 13.1. The van der Waals surface area contributed by atoms with Crippen LogP contribution in [-0.4, -0.2) is 18.6 Å². The predicted octanol–water partition coefficient (Wildman–Crippen LogP) is 5.20. The van der Waals surface area contributed by atoms with Crippen molar-refractivity contribution in [3.8, 4) is 5.75 Å². The minimum absolute atomic E-state index is 0.0628. The third kappa shape index (κ3) is 5.05. The fourth-order valence-corrected chi connectivity index (χ4v) is 2.44. The molecule has 140 valence electrons. The number of rotatable bonds is 6. The van der Waals surface area contributed by atoms with Crippen molar-refractivity contribution in [2.24, 2.45) is 0 Å². The van der Waals surface area contributed by atoms with Crippen LogP contribution in [0.4, 0.5) is 24.5 Å². The number of carbonyl (C=O) groups is 1. The Morgan fingerprint density at radius 2 is 1.88 bits per heavy atom. The lowest BCUT2D eigenvalue weighted by atomic mass is 10.1. The molecule has 2 rings (SSSR count). The molecule has 2 aromatic carbocycles. The molecular formula is C18H18ClF3N2O2. The van der Waals surface area contributed by atoms with Crippen LogP contribution in [0.1, 0.15) is 19.4 Å². The van der Waals surface area contributed by atoms with Crippen molar-refractivity contribution >= 4 is 28.9 Å². The summed E-state index contributed by atoms with van der Waals surface area (Å²) in [6.45, 7) is 3.81. The third-order valence-electron chi connectivity index (χ3n) is 3.50. The Hall–Kier alpha value is -2.41. The molecule has 0 unspecified atom stereocenters. The second-order valence-electron chi connectivity index (χ2n) is 5.47. The van der Waals surface area contributed by atoms with Gasteiger partial charge in [0.15, 0.2) is 0 Å². The first-order valence-electron chi connectivity index (χ1n) is 7.88. The van der Waals surface area contributed by atoms with Crippen LogP contribution in [0.3, 0.4) is 0 Å². The van der Waals surface area contributed by atoms with Gasteiger partial charge in [0.2, 0.25) is 5.91 Å². The van der Waals surface area contributed by atoms with Gasteiger partial charge in [0.05, 0.1) is 23.5 Å². The lowest BCUT2D eigenvalue weighted by Crippen LogP contribution is -2.32. The summed E-state index contributed by atoms with van der Waals surface area (Å²) in [4.78, 5) is 12.3. The van der Waals surface area contributed by atoms with Gasteiger partial charge in [-0.3, -0.25) is 4.79 Å². The van der Waals surface area contributed by atoms with Crippen molar-refractivity contribution in [1.29, 1.82) is 0 Å². The van der Waals surface area contributed by atoms with Gasteiger partial charge in [0, 0.05) is 5.02 Å². The molecule has 0 spiro atoms. The first kappa shape index (κ1) is 19.9. The van der Waals surface area contributed by atoms with E-state index in [4.69, 9.17) is 16.3 Å². The summed E-state index contributed by atoms with van der Waals surface area (Å²) in [5, 5.41) is 5.17. The number of anilines is 2. The van der Waals surface area contributed by atoms with Gasteiger partial charge in [-0.25, -0.2) is 0 Å². The zero-order valence-corrected chi connectivity index (χ0v) is 14.9. The van der Waals surface area contributed by atoms with Gasteiger partial charge in [-0.15, -0.1) is 0 Å². The second-order valence-corrected chi connectivity index (χ2v) is 5.91. The van der Waals surface area contributed by atoms with E-state index in [2.05, 4.69) is 10.6 Å². The van der Waals surface area contributed by atoms with E-state index in [1.165, 1.54) is 6.07 Å². The predicted molar refractivity (Wildman–Crippen MR) is 95.8 cm³/mol. The smallest absolute Gasteiger partial charge is 0.418 e. The Bertz CT molecular complexity index is 781. The number of para-hydroxylation sites is 2. The number of alkyl halides is 3. The molecule has 0 saturated carbocycles. The van der Waals surface area contributed by atoms with Crippen LogP contribution in [0.15, 0.2) is 42.5 Å². The van der Waals surface area contributed by atoms with E-state index in [1.807, 2.05) is 6.92 Å². The van der Waals surface area contributed by atoms with Gasteiger partial charge < -0.3 is 15.4 Å². The molecule has 0 saturated heterocycles. The Morgan fingerprint density at radius 3 is 2.54 bits per heavy atom. The third-order valence-corrected chi connectivity index (χ3v) is 3.73.